The summed E-state index contributed by atoms with van der Waals surface area (Å²) >= 11 is 1.38. The number of amides is 2. The van der Waals surface area contributed by atoms with Crippen LogP contribution in [-0.2, 0) is 9.59 Å². The Kier molecular flexibility index (Phi) is 7.16. The number of thioether (sulfide) groups is 1. The largest absolute Gasteiger partial charge is 0.342 e. The van der Waals surface area contributed by atoms with E-state index < -0.39 is 0 Å². The summed E-state index contributed by atoms with van der Waals surface area (Å²) in [6, 6.07) is 8.09. The van der Waals surface area contributed by atoms with Crippen LogP contribution in [0.3, 0.4) is 0 Å². The van der Waals surface area contributed by atoms with E-state index >= 15 is 0 Å². The molecule has 0 atom stereocenters. The zero-order valence-corrected chi connectivity index (χ0v) is 15.7. The fraction of sp³-hybridized carbons (Fsp3) is 0.579. The molecule has 1 aromatic rings. The van der Waals surface area contributed by atoms with Crippen LogP contribution >= 0.6 is 11.8 Å². The van der Waals surface area contributed by atoms with E-state index in [2.05, 4.69) is 12.2 Å². The third-order valence-electron chi connectivity index (χ3n) is 4.69. The van der Waals surface area contributed by atoms with Gasteiger partial charge in [-0.15, -0.1) is 11.8 Å². The van der Waals surface area contributed by atoms with Crippen molar-refractivity contribution < 1.29 is 9.59 Å². The van der Waals surface area contributed by atoms with E-state index in [4.69, 9.17) is 0 Å². The molecule has 0 bridgehead atoms. The molecule has 0 aromatic heterocycles. The molecule has 0 spiro atoms. The maximum atomic E-state index is 12.3. The van der Waals surface area contributed by atoms with Crippen LogP contribution in [0.4, 0.5) is 5.69 Å². The number of aryl methyl sites for hydroxylation is 1. The highest BCUT2D eigenvalue weighted by Gasteiger charge is 2.24. The molecule has 1 N–H and O–H groups in total. The van der Waals surface area contributed by atoms with Gasteiger partial charge < -0.3 is 10.2 Å². The molecule has 0 radical (unpaired) electrons. The van der Waals surface area contributed by atoms with Gasteiger partial charge in [-0.1, -0.05) is 19.1 Å². The Labute approximate surface area is 149 Å². The van der Waals surface area contributed by atoms with Crippen LogP contribution in [0, 0.1) is 12.8 Å². The minimum atomic E-state index is -0.0625. The van der Waals surface area contributed by atoms with Crippen LogP contribution in [0.1, 0.15) is 38.2 Å². The van der Waals surface area contributed by atoms with Crippen LogP contribution in [0.15, 0.2) is 24.3 Å². The summed E-state index contributed by atoms with van der Waals surface area (Å²) in [6.07, 6.45) is 4.60. The highest BCUT2D eigenvalue weighted by atomic mass is 32.2. The van der Waals surface area contributed by atoms with Gasteiger partial charge in [0, 0.05) is 18.8 Å². The summed E-state index contributed by atoms with van der Waals surface area (Å²) in [5.74, 6) is 1.51. The van der Waals surface area contributed by atoms with E-state index in [9.17, 15) is 9.59 Å². The molecule has 1 aliphatic carbocycles. The first-order valence-corrected chi connectivity index (χ1v) is 9.81. The van der Waals surface area contributed by atoms with Gasteiger partial charge in [0.15, 0.2) is 0 Å². The lowest BCUT2D eigenvalue weighted by Crippen LogP contribution is -2.40. The minimum Gasteiger partial charge on any atom is -0.342 e. The molecular formula is C19H28N2O2S. The fourth-order valence-electron chi connectivity index (χ4n) is 3.09. The number of anilines is 1. The second kappa shape index (κ2) is 9.11. The van der Waals surface area contributed by atoms with Crippen molar-refractivity contribution in [3.8, 4) is 0 Å². The highest BCUT2D eigenvalue weighted by Crippen LogP contribution is 2.26. The lowest BCUT2D eigenvalue weighted by atomic mass is 9.87. The number of carbonyl (C=O) groups is 2. The summed E-state index contributed by atoms with van der Waals surface area (Å²) in [5.41, 5.74) is 1.92. The van der Waals surface area contributed by atoms with Gasteiger partial charge in [-0.05, 0) is 56.2 Å². The van der Waals surface area contributed by atoms with E-state index in [1.165, 1.54) is 24.6 Å². The van der Waals surface area contributed by atoms with Crippen molar-refractivity contribution in [1.29, 1.82) is 0 Å². The standard InChI is InChI=1S/C19H28N2O2S/c1-14-7-9-17(10-8-14)21(3)19(23)13-24-12-18(22)20-16-6-4-5-15(2)11-16/h4-6,11,14,17H,7-10,12-13H2,1-3H3,(H,20,22). The Morgan fingerprint density at radius 2 is 1.92 bits per heavy atom. The summed E-state index contributed by atoms with van der Waals surface area (Å²) in [7, 11) is 1.90. The molecule has 5 heteroatoms. The number of rotatable bonds is 6. The maximum absolute atomic E-state index is 12.3. The van der Waals surface area contributed by atoms with Gasteiger partial charge >= 0.3 is 0 Å². The topological polar surface area (TPSA) is 49.4 Å². The molecule has 0 unspecified atom stereocenters. The lowest BCUT2D eigenvalue weighted by molar-refractivity contribution is -0.129. The molecule has 132 valence electrons. The minimum absolute atomic E-state index is 0.0625. The lowest BCUT2D eigenvalue weighted by Gasteiger charge is -2.33. The van der Waals surface area contributed by atoms with Gasteiger partial charge in [0.25, 0.3) is 0 Å². The predicted molar refractivity (Wildman–Crippen MR) is 101 cm³/mol. The zero-order valence-electron chi connectivity index (χ0n) is 14.9. The average molecular weight is 349 g/mol. The Balaban J connectivity index is 1.69. The van der Waals surface area contributed by atoms with Crippen molar-refractivity contribution in [3.63, 3.8) is 0 Å². The monoisotopic (exact) mass is 348 g/mol. The van der Waals surface area contributed by atoms with Crippen LogP contribution in [0.5, 0.6) is 0 Å². The predicted octanol–water partition coefficient (Wildman–Crippen LogP) is 3.70. The Morgan fingerprint density at radius 3 is 2.58 bits per heavy atom. The van der Waals surface area contributed by atoms with Gasteiger partial charge in [0.05, 0.1) is 11.5 Å². The van der Waals surface area contributed by atoms with Crippen molar-refractivity contribution in [3.05, 3.63) is 29.8 Å². The van der Waals surface area contributed by atoms with Gasteiger partial charge in [-0.3, -0.25) is 9.59 Å². The van der Waals surface area contributed by atoms with Gasteiger partial charge in [-0.25, -0.2) is 0 Å². The zero-order chi connectivity index (χ0) is 17.5. The highest BCUT2D eigenvalue weighted by molar-refractivity contribution is 8.00. The summed E-state index contributed by atoms with van der Waals surface area (Å²) in [6.45, 7) is 4.27. The average Bonchev–Trinajstić information content (AvgIpc) is 2.54. The number of carbonyl (C=O) groups excluding carboxylic acids is 2. The van der Waals surface area contributed by atoms with Crippen molar-refractivity contribution in [2.24, 2.45) is 5.92 Å². The van der Waals surface area contributed by atoms with E-state index in [0.717, 1.165) is 30.0 Å². The number of hydrogen-bond donors (Lipinski definition) is 1. The normalized spacial score (nSPS) is 20.5. The summed E-state index contributed by atoms with van der Waals surface area (Å²) in [4.78, 5) is 26.1. The second-order valence-electron chi connectivity index (χ2n) is 6.83. The first-order valence-electron chi connectivity index (χ1n) is 8.65. The number of nitrogens with one attached hydrogen (secondary N) is 1. The molecule has 1 fully saturated rings. The first kappa shape index (κ1) is 18.8. The van der Waals surface area contributed by atoms with E-state index in [-0.39, 0.29) is 11.8 Å². The van der Waals surface area contributed by atoms with Gasteiger partial charge in [0.2, 0.25) is 11.8 Å². The van der Waals surface area contributed by atoms with Gasteiger partial charge in [0.1, 0.15) is 0 Å². The molecule has 1 aliphatic rings. The summed E-state index contributed by atoms with van der Waals surface area (Å²) < 4.78 is 0. The van der Waals surface area contributed by atoms with Crippen molar-refractivity contribution in [2.75, 3.05) is 23.9 Å². The third-order valence-corrected chi connectivity index (χ3v) is 5.60. The molecular weight excluding hydrogens is 320 g/mol. The van der Waals surface area contributed by atoms with Crippen LogP contribution in [-0.4, -0.2) is 41.3 Å². The van der Waals surface area contributed by atoms with Crippen molar-refractivity contribution >= 4 is 29.3 Å². The number of benzene rings is 1. The van der Waals surface area contributed by atoms with Crippen LogP contribution in [0.25, 0.3) is 0 Å². The second-order valence-corrected chi connectivity index (χ2v) is 7.81. The summed E-state index contributed by atoms with van der Waals surface area (Å²) in [5, 5.41) is 2.87. The van der Waals surface area contributed by atoms with Crippen molar-refractivity contribution in [1.82, 2.24) is 4.90 Å². The Morgan fingerprint density at radius 1 is 1.21 bits per heavy atom. The molecule has 0 aliphatic heterocycles. The molecule has 2 rings (SSSR count). The molecule has 1 aromatic carbocycles. The third kappa shape index (κ3) is 5.86. The number of hydrogen-bond acceptors (Lipinski definition) is 3. The fourth-order valence-corrected chi connectivity index (χ4v) is 3.82. The molecule has 24 heavy (non-hydrogen) atoms. The smallest absolute Gasteiger partial charge is 0.234 e. The first-order chi connectivity index (χ1) is 11.5. The van der Waals surface area contributed by atoms with E-state index in [0.29, 0.717) is 17.5 Å². The molecule has 1 saturated carbocycles. The Hall–Kier alpha value is -1.49. The van der Waals surface area contributed by atoms with Crippen LogP contribution < -0.4 is 5.32 Å². The molecule has 2 amide bonds. The Bertz CT molecular complexity index is 568. The van der Waals surface area contributed by atoms with Crippen LogP contribution in [0.2, 0.25) is 0 Å². The number of nitrogens with zero attached hydrogens (tertiary/aromatic N) is 1. The maximum Gasteiger partial charge on any atom is 0.234 e. The molecule has 0 heterocycles. The van der Waals surface area contributed by atoms with E-state index in [1.807, 2.05) is 43.1 Å². The van der Waals surface area contributed by atoms with E-state index in [1.54, 1.807) is 0 Å². The van der Waals surface area contributed by atoms with Gasteiger partial charge in [-0.2, -0.15) is 0 Å². The molecule has 0 saturated heterocycles. The SMILES string of the molecule is Cc1cccc(NC(=O)CSCC(=O)N(C)C2CCC(C)CC2)c1. The quantitative estimate of drug-likeness (QED) is 0.853. The molecule has 4 nitrogen and oxygen atoms in total. The van der Waals surface area contributed by atoms with Crippen molar-refractivity contribution in [2.45, 2.75) is 45.6 Å².